The van der Waals surface area contributed by atoms with E-state index in [1.807, 2.05) is 0 Å². The van der Waals surface area contributed by atoms with Crippen LogP contribution in [0.3, 0.4) is 0 Å². The van der Waals surface area contributed by atoms with E-state index in [4.69, 9.17) is 0 Å². The van der Waals surface area contributed by atoms with Crippen molar-refractivity contribution in [2.24, 2.45) is 4.99 Å². The second-order valence-corrected chi connectivity index (χ2v) is 5.40. The van der Waals surface area contributed by atoms with Gasteiger partial charge in [0.15, 0.2) is 0 Å². The quantitative estimate of drug-likeness (QED) is 0.676. The lowest BCUT2D eigenvalue weighted by atomic mass is 10.1. The predicted molar refractivity (Wildman–Crippen MR) is 86.8 cm³/mol. The number of rotatable bonds is 3. The van der Waals surface area contributed by atoms with Crippen LogP contribution in [0.15, 0.2) is 47.6 Å². The Kier molecular flexibility index (Phi) is 3.83. The molecular weight excluding hydrogens is 352 g/mol. The minimum absolute atomic E-state index is 0.0653. The molecule has 1 aromatic heterocycles. The predicted octanol–water partition coefficient (Wildman–Crippen LogP) is 4.46. The van der Waals surface area contributed by atoms with Crippen molar-refractivity contribution in [3.63, 3.8) is 0 Å². The van der Waals surface area contributed by atoms with E-state index in [2.05, 4.69) is 25.2 Å². The highest BCUT2D eigenvalue weighted by atomic mass is 19.3. The van der Waals surface area contributed by atoms with Crippen LogP contribution in [-0.2, 0) is 0 Å². The molecule has 26 heavy (non-hydrogen) atoms. The summed E-state index contributed by atoms with van der Waals surface area (Å²) in [6.07, 6.45) is 1.40. The summed E-state index contributed by atoms with van der Waals surface area (Å²) in [7, 11) is 0. The van der Waals surface area contributed by atoms with Crippen LogP contribution in [0.4, 0.5) is 28.9 Å². The van der Waals surface area contributed by atoms with Crippen LogP contribution in [0.25, 0.3) is 11.3 Å². The van der Waals surface area contributed by atoms with E-state index < -0.39 is 18.2 Å². The molecule has 0 fully saturated rings. The van der Waals surface area contributed by atoms with Gasteiger partial charge in [0.05, 0.1) is 28.8 Å². The van der Waals surface area contributed by atoms with Gasteiger partial charge in [-0.05, 0) is 30.3 Å². The average molecular weight is 362 g/mol. The van der Waals surface area contributed by atoms with E-state index in [1.165, 1.54) is 30.5 Å². The highest BCUT2D eigenvalue weighted by Gasteiger charge is 2.23. The van der Waals surface area contributed by atoms with Crippen LogP contribution in [0.2, 0.25) is 0 Å². The third-order valence-electron chi connectivity index (χ3n) is 3.79. The van der Waals surface area contributed by atoms with Crippen molar-refractivity contribution in [3.8, 4) is 17.0 Å². The highest BCUT2D eigenvalue weighted by molar-refractivity contribution is 6.13. The fourth-order valence-corrected chi connectivity index (χ4v) is 2.69. The third kappa shape index (κ3) is 2.77. The Morgan fingerprint density at radius 2 is 1.81 bits per heavy atom. The fraction of sp³-hybridized carbons (Fsp3) is 0.0588. The summed E-state index contributed by atoms with van der Waals surface area (Å²) in [4.78, 5) is 4.27. The van der Waals surface area contributed by atoms with Gasteiger partial charge < -0.3 is 10.1 Å². The molecule has 2 aromatic carbocycles. The second-order valence-electron chi connectivity index (χ2n) is 5.40. The van der Waals surface area contributed by atoms with Crippen LogP contribution >= 0.6 is 0 Å². The minimum atomic E-state index is -2.98. The number of nitrogens with zero attached hydrogens (tertiary/aromatic N) is 2. The number of aromatic nitrogens is 2. The van der Waals surface area contributed by atoms with E-state index in [-0.39, 0.29) is 17.1 Å². The molecule has 1 aliphatic heterocycles. The number of benzene rings is 2. The summed E-state index contributed by atoms with van der Waals surface area (Å²) in [5.74, 6) is -1.72. The molecule has 2 heterocycles. The number of halogens is 4. The summed E-state index contributed by atoms with van der Waals surface area (Å²) in [6.45, 7) is -2.98. The van der Waals surface area contributed by atoms with Gasteiger partial charge in [0.25, 0.3) is 0 Å². The number of H-pyrrole nitrogens is 1. The van der Waals surface area contributed by atoms with Gasteiger partial charge in [0.1, 0.15) is 23.2 Å². The van der Waals surface area contributed by atoms with Gasteiger partial charge in [0.2, 0.25) is 0 Å². The molecule has 0 spiro atoms. The number of anilines is 1. The van der Waals surface area contributed by atoms with Crippen LogP contribution in [0.1, 0.15) is 5.56 Å². The first-order chi connectivity index (χ1) is 12.5. The standard InChI is InChI=1S/C17H10F4N4O/c18-10-2-1-3-11(19)14(10)16-23-12-5-4-8(26-17(20)21)6-9(12)15-13(24-16)7-22-25-15/h1-7,17H,(H,22,25)(H,23,24). The Balaban J connectivity index is 1.90. The SMILES string of the molecule is Fc1cccc(F)c1C1=Nc2ccc(OC(F)F)cc2-c2[nH]ncc2N1. The number of ether oxygens (including phenoxy) is 1. The maximum atomic E-state index is 14.2. The zero-order valence-electron chi connectivity index (χ0n) is 12.9. The molecule has 9 heteroatoms. The Hall–Kier alpha value is -3.36. The van der Waals surface area contributed by atoms with Crippen molar-refractivity contribution < 1.29 is 22.3 Å². The second kappa shape index (κ2) is 6.17. The van der Waals surface area contributed by atoms with E-state index >= 15 is 0 Å². The smallest absolute Gasteiger partial charge is 0.387 e. The average Bonchev–Trinajstić information content (AvgIpc) is 2.98. The Labute approximate surface area is 144 Å². The molecule has 132 valence electrons. The molecule has 0 saturated heterocycles. The monoisotopic (exact) mass is 362 g/mol. The molecule has 4 rings (SSSR count). The molecular formula is C17H10F4N4O. The van der Waals surface area contributed by atoms with Gasteiger partial charge in [-0.3, -0.25) is 5.10 Å². The normalized spacial score (nSPS) is 12.7. The van der Waals surface area contributed by atoms with Gasteiger partial charge in [-0.1, -0.05) is 6.07 Å². The van der Waals surface area contributed by atoms with Gasteiger partial charge in [-0.2, -0.15) is 13.9 Å². The summed E-state index contributed by atoms with van der Waals surface area (Å²) >= 11 is 0. The number of aromatic amines is 1. The zero-order chi connectivity index (χ0) is 18.3. The molecule has 0 aliphatic carbocycles. The lowest BCUT2D eigenvalue weighted by molar-refractivity contribution is -0.0498. The zero-order valence-corrected chi connectivity index (χ0v) is 12.9. The first-order valence-electron chi connectivity index (χ1n) is 7.45. The maximum Gasteiger partial charge on any atom is 0.387 e. The number of hydrogen-bond donors (Lipinski definition) is 2. The van der Waals surface area contributed by atoms with E-state index in [0.717, 1.165) is 12.1 Å². The molecule has 0 amide bonds. The molecule has 1 aliphatic rings. The largest absolute Gasteiger partial charge is 0.435 e. The van der Waals surface area contributed by atoms with E-state index in [9.17, 15) is 17.6 Å². The Morgan fingerprint density at radius 1 is 1.04 bits per heavy atom. The number of amidine groups is 1. The van der Waals surface area contributed by atoms with Crippen molar-refractivity contribution >= 4 is 17.2 Å². The maximum absolute atomic E-state index is 14.2. The number of fused-ring (bicyclic) bond motifs is 3. The number of hydrogen-bond acceptors (Lipinski definition) is 4. The lowest BCUT2D eigenvalue weighted by Gasteiger charge is -2.09. The van der Waals surface area contributed by atoms with E-state index in [1.54, 1.807) is 0 Å². The fourth-order valence-electron chi connectivity index (χ4n) is 2.69. The Morgan fingerprint density at radius 3 is 2.54 bits per heavy atom. The Bertz CT molecular complexity index is 995. The molecule has 0 radical (unpaired) electrons. The number of aliphatic imine (C=N–C) groups is 1. The van der Waals surface area contributed by atoms with Crippen molar-refractivity contribution in [2.75, 3.05) is 5.32 Å². The van der Waals surface area contributed by atoms with Gasteiger partial charge in [0, 0.05) is 5.56 Å². The first-order valence-corrected chi connectivity index (χ1v) is 7.45. The summed E-state index contributed by atoms with van der Waals surface area (Å²) in [6, 6.07) is 7.55. The lowest BCUT2D eigenvalue weighted by Crippen LogP contribution is -2.16. The third-order valence-corrected chi connectivity index (χ3v) is 3.79. The first kappa shape index (κ1) is 16.1. The van der Waals surface area contributed by atoms with Crippen molar-refractivity contribution in [1.82, 2.24) is 10.2 Å². The van der Waals surface area contributed by atoms with Crippen LogP contribution in [-0.4, -0.2) is 22.6 Å². The summed E-state index contributed by atoms with van der Waals surface area (Å²) in [5.41, 5.74) is 1.18. The van der Waals surface area contributed by atoms with Crippen LogP contribution in [0.5, 0.6) is 5.75 Å². The minimum Gasteiger partial charge on any atom is -0.435 e. The van der Waals surface area contributed by atoms with Crippen molar-refractivity contribution in [3.05, 3.63) is 59.8 Å². The highest BCUT2D eigenvalue weighted by Crippen LogP contribution is 2.39. The number of alkyl halides is 2. The molecule has 5 nitrogen and oxygen atoms in total. The van der Waals surface area contributed by atoms with Crippen molar-refractivity contribution in [2.45, 2.75) is 6.61 Å². The topological polar surface area (TPSA) is 62.3 Å². The summed E-state index contributed by atoms with van der Waals surface area (Å²) in [5, 5.41) is 9.44. The van der Waals surface area contributed by atoms with Crippen LogP contribution < -0.4 is 10.1 Å². The number of nitrogens with one attached hydrogen (secondary N) is 2. The van der Waals surface area contributed by atoms with Gasteiger partial charge in [-0.15, -0.1) is 0 Å². The van der Waals surface area contributed by atoms with Gasteiger partial charge in [-0.25, -0.2) is 13.8 Å². The summed E-state index contributed by atoms with van der Waals surface area (Å²) < 4.78 is 57.7. The van der Waals surface area contributed by atoms with Crippen molar-refractivity contribution in [1.29, 1.82) is 0 Å². The van der Waals surface area contributed by atoms with Gasteiger partial charge >= 0.3 is 6.61 Å². The molecule has 0 unspecified atom stereocenters. The molecule has 0 saturated carbocycles. The molecule has 3 aromatic rings. The molecule has 2 N–H and O–H groups in total. The molecule has 0 atom stereocenters. The molecule has 0 bridgehead atoms. The van der Waals surface area contributed by atoms with Crippen LogP contribution in [0, 0.1) is 11.6 Å². The van der Waals surface area contributed by atoms with E-state index in [0.29, 0.717) is 22.6 Å².